The van der Waals surface area contributed by atoms with E-state index >= 15 is 0 Å². The van der Waals surface area contributed by atoms with Crippen molar-refractivity contribution in [2.24, 2.45) is 4.99 Å². The number of hydrogen-bond acceptors (Lipinski definition) is 3. The molecule has 1 fully saturated rings. The molecule has 1 saturated heterocycles. The van der Waals surface area contributed by atoms with E-state index in [1.165, 1.54) is 12.8 Å². The van der Waals surface area contributed by atoms with E-state index in [9.17, 15) is 0 Å². The summed E-state index contributed by atoms with van der Waals surface area (Å²) in [6.45, 7) is 3.00. The molecule has 114 valence electrons. The third kappa shape index (κ3) is 4.37. The van der Waals surface area contributed by atoms with E-state index in [1.807, 2.05) is 19.2 Å². The molecular formula is C14H25IN4O. The lowest BCUT2D eigenvalue weighted by atomic mass is 10.2. The Morgan fingerprint density at radius 2 is 2.15 bits per heavy atom. The molecule has 0 radical (unpaired) electrons. The van der Waals surface area contributed by atoms with Gasteiger partial charge < -0.3 is 14.6 Å². The third-order valence-electron chi connectivity index (χ3n) is 3.57. The number of guanidine groups is 1. The highest BCUT2D eigenvalue weighted by Crippen LogP contribution is 2.17. The van der Waals surface area contributed by atoms with Gasteiger partial charge >= 0.3 is 0 Å². The van der Waals surface area contributed by atoms with Crippen molar-refractivity contribution < 1.29 is 4.42 Å². The summed E-state index contributed by atoms with van der Waals surface area (Å²) >= 11 is 0. The Balaban J connectivity index is 0.00000200. The van der Waals surface area contributed by atoms with E-state index in [-0.39, 0.29) is 30.0 Å². The van der Waals surface area contributed by atoms with Gasteiger partial charge in [0.25, 0.3) is 0 Å². The minimum absolute atomic E-state index is 0. The van der Waals surface area contributed by atoms with Crippen molar-refractivity contribution in [2.45, 2.75) is 18.9 Å². The lowest BCUT2D eigenvalue weighted by Gasteiger charge is -2.26. The first-order valence-corrected chi connectivity index (χ1v) is 6.88. The van der Waals surface area contributed by atoms with Gasteiger partial charge in [-0.15, -0.1) is 24.0 Å². The van der Waals surface area contributed by atoms with E-state index in [1.54, 1.807) is 6.26 Å². The third-order valence-corrected chi connectivity index (χ3v) is 3.57. The summed E-state index contributed by atoms with van der Waals surface area (Å²) in [5.41, 5.74) is 0. The summed E-state index contributed by atoms with van der Waals surface area (Å²) < 4.78 is 5.51. The van der Waals surface area contributed by atoms with Crippen LogP contribution in [-0.2, 0) is 0 Å². The van der Waals surface area contributed by atoms with Gasteiger partial charge in [0.2, 0.25) is 0 Å². The SMILES string of the molecule is CN=C(NCC(c1ccco1)N(C)C)N1CCCC1.I. The van der Waals surface area contributed by atoms with Crippen LogP contribution in [0.4, 0.5) is 0 Å². The maximum atomic E-state index is 5.51. The number of rotatable bonds is 4. The van der Waals surface area contributed by atoms with E-state index in [2.05, 4.69) is 34.2 Å². The van der Waals surface area contributed by atoms with Crippen molar-refractivity contribution >= 4 is 29.9 Å². The molecule has 0 aliphatic carbocycles. The molecule has 2 rings (SSSR count). The van der Waals surface area contributed by atoms with Gasteiger partial charge in [-0.2, -0.15) is 0 Å². The van der Waals surface area contributed by atoms with Crippen LogP contribution in [0.15, 0.2) is 27.8 Å². The first-order valence-electron chi connectivity index (χ1n) is 6.88. The van der Waals surface area contributed by atoms with Gasteiger partial charge in [0, 0.05) is 26.7 Å². The lowest BCUT2D eigenvalue weighted by Crippen LogP contribution is -2.43. The smallest absolute Gasteiger partial charge is 0.193 e. The summed E-state index contributed by atoms with van der Waals surface area (Å²) in [5.74, 6) is 1.98. The molecule has 0 aromatic carbocycles. The average molecular weight is 392 g/mol. The van der Waals surface area contributed by atoms with E-state index < -0.39 is 0 Å². The Morgan fingerprint density at radius 3 is 2.65 bits per heavy atom. The second-order valence-corrected chi connectivity index (χ2v) is 5.12. The fraction of sp³-hybridized carbons (Fsp3) is 0.643. The molecule has 1 aromatic rings. The number of likely N-dealkylation sites (tertiary alicyclic amines) is 1. The predicted octanol–water partition coefficient (Wildman–Crippen LogP) is 2.17. The Kier molecular flexibility index (Phi) is 7.36. The van der Waals surface area contributed by atoms with Crippen LogP contribution < -0.4 is 5.32 Å². The fourth-order valence-corrected chi connectivity index (χ4v) is 2.47. The summed E-state index contributed by atoms with van der Waals surface area (Å²) in [5, 5.41) is 3.46. The Hall–Kier alpha value is -0.760. The molecule has 1 aliphatic heterocycles. The van der Waals surface area contributed by atoms with Crippen molar-refractivity contribution in [1.82, 2.24) is 15.1 Å². The minimum Gasteiger partial charge on any atom is -0.468 e. The Morgan fingerprint density at radius 1 is 1.45 bits per heavy atom. The molecule has 6 heteroatoms. The minimum atomic E-state index is 0. The number of nitrogens with zero attached hydrogens (tertiary/aromatic N) is 3. The molecule has 1 atom stereocenters. The van der Waals surface area contributed by atoms with E-state index in [0.29, 0.717) is 0 Å². The molecule has 1 unspecified atom stereocenters. The van der Waals surface area contributed by atoms with Gasteiger partial charge in [0.1, 0.15) is 5.76 Å². The zero-order valence-corrected chi connectivity index (χ0v) is 14.8. The first-order chi connectivity index (χ1) is 9.22. The fourth-order valence-electron chi connectivity index (χ4n) is 2.47. The number of furan rings is 1. The average Bonchev–Trinajstić information content (AvgIpc) is 3.06. The quantitative estimate of drug-likeness (QED) is 0.485. The highest BCUT2D eigenvalue weighted by molar-refractivity contribution is 14.0. The predicted molar refractivity (Wildman–Crippen MR) is 92.7 cm³/mol. The van der Waals surface area contributed by atoms with Crippen LogP contribution in [0.2, 0.25) is 0 Å². The molecule has 1 aromatic heterocycles. The molecular weight excluding hydrogens is 367 g/mol. The van der Waals surface area contributed by atoms with Crippen LogP contribution in [0.1, 0.15) is 24.6 Å². The highest BCUT2D eigenvalue weighted by Gasteiger charge is 2.20. The zero-order valence-electron chi connectivity index (χ0n) is 12.5. The molecule has 1 aliphatic rings. The van der Waals surface area contributed by atoms with E-state index in [0.717, 1.165) is 31.4 Å². The van der Waals surface area contributed by atoms with Crippen molar-refractivity contribution in [3.8, 4) is 0 Å². The molecule has 0 saturated carbocycles. The van der Waals surface area contributed by atoms with Crippen LogP contribution in [0.25, 0.3) is 0 Å². The number of halogens is 1. The van der Waals surface area contributed by atoms with Crippen molar-refractivity contribution in [2.75, 3.05) is 40.8 Å². The van der Waals surface area contributed by atoms with Crippen molar-refractivity contribution in [1.29, 1.82) is 0 Å². The van der Waals surface area contributed by atoms with Crippen LogP contribution in [0, 0.1) is 0 Å². The maximum Gasteiger partial charge on any atom is 0.193 e. The zero-order chi connectivity index (χ0) is 13.7. The second kappa shape index (κ2) is 8.51. The second-order valence-electron chi connectivity index (χ2n) is 5.12. The van der Waals surface area contributed by atoms with Gasteiger partial charge in [0.05, 0.1) is 12.3 Å². The van der Waals surface area contributed by atoms with Crippen molar-refractivity contribution in [3.05, 3.63) is 24.2 Å². The summed E-state index contributed by atoms with van der Waals surface area (Å²) in [4.78, 5) is 8.84. The van der Waals surface area contributed by atoms with Gasteiger partial charge in [-0.25, -0.2) is 0 Å². The molecule has 0 spiro atoms. The van der Waals surface area contributed by atoms with Crippen LogP contribution >= 0.6 is 24.0 Å². The number of likely N-dealkylation sites (N-methyl/N-ethyl adjacent to an activating group) is 1. The van der Waals surface area contributed by atoms with Gasteiger partial charge in [-0.3, -0.25) is 9.89 Å². The maximum absolute atomic E-state index is 5.51. The number of nitrogens with one attached hydrogen (secondary N) is 1. The molecule has 0 amide bonds. The highest BCUT2D eigenvalue weighted by atomic mass is 127. The summed E-state index contributed by atoms with van der Waals surface area (Å²) in [6.07, 6.45) is 4.24. The van der Waals surface area contributed by atoms with Crippen LogP contribution in [0.3, 0.4) is 0 Å². The number of aliphatic imine (C=N–C) groups is 1. The number of hydrogen-bond donors (Lipinski definition) is 1. The molecule has 5 nitrogen and oxygen atoms in total. The van der Waals surface area contributed by atoms with E-state index in [4.69, 9.17) is 4.42 Å². The molecule has 0 bridgehead atoms. The van der Waals surface area contributed by atoms with Crippen LogP contribution in [0.5, 0.6) is 0 Å². The van der Waals surface area contributed by atoms with Gasteiger partial charge in [-0.05, 0) is 39.1 Å². The monoisotopic (exact) mass is 392 g/mol. The lowest BCUT2D eigenvalue weighted by molar-refractivity contribution is 0.256. The largest absolute Gasteiger partial charge is 0.468 e. The molecule has 1 N–H and O–H groups in total. The first kappa shape index (κ1) is 17.3. The van der Waals surface area contributed by atoms with Gasteiger partial charge in [0.15, 0.2) is 5.96 Å². The normalized spacial score (nSPS) is 17.2. The molecule has 20 heavy (non-hydrogen) atoms. The molecule has 2 heterocycles. The van der Waals surface area contributed by atoms with Crippen molar-refractivity contribution in [3.63, 3.8) is 0 Å². The summed E-state index contributed by atoms with van der Waals surface area (Å²) in [7, 11) is 5.97. The topological polar surface area (TPSA) is 44.0 Å². The Bertz CT molecular complexity index is 399. The Labute approximate surface area is 138 Å². The van der Waals surface area contributed by atoms with Crippen LogP contribution in [-0.4, -0.2) is 56.5 Å². The summed E-state index contributed by atoms with van der Waals surface area (Å²) in [6, 6.07) is 4.17. The standard InChI is InChI=1S/C14H24N4O.HI/c1-15-14(18-8-4-5-9-18)16-11-12(17(2)3)13-7-6-10-19-13;/h6-7,10,12H,4-5,8-9,11H2,1-3H3,(H,15,16);1H. The van der Waals surface area contributed by atoms with Gasteiger partial charge in [-0.1, -0.05) is 0 Å².